The molecular formula is C17H27NS. The standard InChI is InChI=1S/C17H27NS/c1-4-7-14(12-18-13(2)3)10-16-11-15-8-5-6-9-17(15)19-16/h5-6,8-9,13-14,16,18H,4,7,10-12H2,1-3H3. The van der Waals surface area contributed by atoms with Crippen molar-refractivity contribution in [2.75, 3.05) is 6.54 Å². The van der Waals surface area contributed by atoms with Gasteiger partial charge in [-0.25, -0.2) is 0 Å². The van der Waals surface area contributed by atoms with Crippen molar-refractivity contribution in [1.82, 2.24) is 5.32 Å². The number of thioether (sulfide) groups is 1. The van der Waals surface area contributed by atoms with Crippen LogP contribution in [0.3, 0.4) is 0 Å². The predicted octanol–water partition coefficient (Wildman–Crippen LogP) is 4.51. The van der Waals surface area contributed by atoms with E-state index in [0.717, 1.165) is 11.2 Å². The first kappa shape index (κ1) is 14.9. The fraction of sp³-hybridized carbons (Fsp3) is 0.647. The highest BCUT2D eigenvalue weighted by molar-refractivity contribution is 8.00. The van der Waals surface area contributed by atoms with Gasteiger partial charge in [-0.3, -0.25) is 0 Å². The molecule has 0 radical (unpaired) electrons. The fourth-order valence-electron chi connectivity index (χ4n) is 2.87. The minimum atomic E-state index is 0.604. The van der Waals surface area contributed by atoms with E-state index in [4.69, 9.17) is 0 Å². The van der Waals surface area contributed by atoms with Crippen molar-refractivity contribution < 1.29 is 0 Å². The summed E-state index contributed by atoms with van der Waals surface area (Å²) in [5.41, 5.74) is 1.56. The maximum atomic E-state index is 3.62. The zero-order chi connectivity index (χ0) is 13.7. The van der Waals surface area contributed by atoms with Crippen molar-refractivity contribution in [3.05, 3.63) is 29.8 Å². The number of nitrogens with one attached hydrogen (secondary N) is 1. The zero-order valence-corrected chi connectivity index (χ0v) is 13.3. The van der Waals surface area contributed by atoms with E-state index in [1.807, 2.05) is 0 Å². The minimum absolute atomic E-state index is 0.604. The lowest BCUT2D eigenvalue weighted by Gasteiger charge is -2.21. The van der Waals surface area contributed by atoms with E-state index in [1.165, 1.54) is 37.1 Å². The van der Waals surface area contributed by atoms with Gasteiger partial charge in [-0.05, 0) is 43.4 Å². The van der Waals surface area contributed by atoms with Crippen LogP contribution in [-0.4, -0.2) is 17.8 Å². The first-order valence-electron chi connectivity index (χ1n) is 7.67. The minimum Gasteiger partial charge on any atom is -0.314 e. The Kier molecular flexibility index (Phi) is 5.77. The normalized spacial score (nSPS) is 19.7. The van der Waals surface area contributed by atoms with E-state index in [2.05, 4.69) is 62.1 Å². The number of benzene rings is 1. The van der Waals surface area contributed by atoms with Crippen LogP contribution in [0.15, 0.2) is 29.2 Å². The van der Waals surface area contributed by atoms with E-state index in [-0.39, 0.29) is 0 Å². The molecule has 0 aromatic heterocycles. The van der Waals surface area contributed by atoms with Crippen molar-refractivity contribution in [3.8, 4) is 0 Å². The molecule has 1 heterocycles. The second-order valence-electron chi connectivity index (χ2n) is 6.01. The summed E-state index contributed by atoms with van der Waals surface area (Å²) >= 11 is 2.10. The molecule has 1 aliphatic rings. The van der Waals surface area contributed by atoms with Crippen molar-refractivity contribution >= 4 is 11.8 Å². The van der Waals surface area contributed by atoms with Gasteiger partial charge in [-0.15, -0.1) is 11.8 Å². The molecule has 106 valence electrons. The van der Waals surface area contributed by atoms with Gasteiger partial charge in [0.1, 0.15) is 0 Å². The van der Waals surface area contributed by atoms with Crippen LogP contribution in [0, 0.1) is 5.92 Å². The molecular weight excluding hydrogens is 250 g/mol. The van der Waals surface area contributed by atoms with E-state index >= 15 is 0 Å². The summed E-state index contributed by atoms with van der Waals surface area (Å²) in [6, 6.07) is 9.52. The third-order valence-electron chi connectivity index (χ3n) is 3.82. The molecule has 0 aliphatic carbocycles. The molecule has 1 nitrogen and oxygen atoms in total. The van der Waals surface area contributed by atoms with E-state index < -0.39 is 0 Å². The Morgan fingerprint density at radius 1 is 1.32 bits per heavy atom. The van der Waals surface area contributed by atoms with Crippen LogP contribution in [0.5, 0.6) is 0 Å². The predicted molar refractivity (Wildman–Crippen MR) is 85.9 cm³/mol. The number of fused-ring (bicyclic) bond motifs is 1. The molecule has 1 aromatic rings. The summed E-state index contributed by atoms with van der Waals surface area (Å²) in [7, 11) is 0. The molecule has 2 rings (SSSR count). The highest BCUT2D eigenvalue weighted by Crippen LogP contribution is 2.39. The summed E-state index contributed by atoms with van der Waals surface area (Å²) < 4.78 is 0. The topological polar surface area (TPSA) is 12.0 Å². The van der Waals surface area contributed by atoms with Gasteiger partial charge in [0.25, 0.3) is 0 Å². The Balaban J connectivity index is 1.85. The summed E-state index contributed by atoms with van der Waals surface area (Å²) in [5.74, 6) is 0.833. The van der Waals surface area contributed by atoms with Gasteiger partial charge in [0, 0.05) is 16.2 Å². The van der Waals surface area contributed by atoms with Crippen LogP contribution in [0.25, 0.3) is 0 Å². The van der Waals surface area contributed by atoms with Crippen LogP contribution in [0.2, 0.25) is 0 Å². The second-order valence-corrected chi connectivity index (χ2v) is 7.35. The summed E-state index contributed by atoms with van der Waals surface area (Å²) in [4.78, 5) is 1.51. The smallest absolute Gasteiger partial charge is 0.0138 e. The van der Waals surface area contributed by atoms with Crippen LogP contribution in [0.4, 0.5) is 0 Å². The summed E-state index contributed by atoms with van der Waals surface area (Å²) in [6.45, 7) is 7.96. The number of hydrogen-bond donors (Lipinski definition) is 1. The lowest BCUT2D eigenvalue weighted by Crippen LogP contribution is -2.30. The highest BCUT2D eigenvalue weighted by Gasteiger charge is 2.24. The van der Waals surface area contributed by atoms with Gasteiger partial charge in [0.05, 0.1) is 0 Å². The lowest BCUT2D eigenvalue weighted by atomic mass is 9.95. The fourth-order valence-corrected chi connectivity index (χ4v) is 4.32. The van der Waals surface area contributed by atoms with Gasteiger partial charge in [0.2, 0.25) is 0 Å². The molecule has 0 saturated carbocycles. The average Bonchev–Trinajstić information content (AvgIpc) is 2.78. The maximum Gasteiger partial charge on any atom is 0.0138 e. The molecule has 1 N–H and O–H groups in total. The largest absolute Gasteiger partial charge is 0.314 e. The van der Waals surface area contributed by atoms with Gasteiger partial charge < -0.3 is 5.32 Å². The Hall–Kier alpha value is -0.470. The van der Waals surface area contributed by atoms with E-state index in [1.54, 1.807) is 5.56 Å². The number of hydrogen-bond acceptors (Lipinski definition) is 2. The van der Waals surface area contributed by atoms with E-state index in [9.17, 15) is 0 Å². The lowest BCUT2D eigenvalue weighted by molar-refractivity contribution is 0.394. The maximum absolute atomic E-state index is 3.62. The molecule has 2 atom stereocenters. The average molecular weight is 277 g/mol. The van der Waals surface area contributed by atoms with Crippen molar-refractivity contribution in [3.63, 3.8) is 0 Å². The van der Waals surface area contributed by atoms with Gasteiger partial charge >= 0.3 is 0 Å². The van der Waals surface area contributed by atoms with Gasteiger partial charge in [-0.1, -0.05) is 45.4 Å². The summed E-state index contributed by atoms with van der Waals surface area (Å²) in [6.07, 6.45) is 5.28. The molecule has 2 heteroatoms. The Morgan fingerprint density at radius 3 is 2.79 bits per heavy atom. The molecule has 1 aromatic carbocycles. The molecule has 0 saturated heterocycles. The molecule has 0 bridgehead atoms. The van der Waals surface area contributed by atoms with Crippen LogP contribution in [-0.2, 0) is 6.42 Å². The van der Waals surface area contributed by atoms with Crippen LogP contribution < -0.4 is 5.32 Å². The SMILES string of the molecule is CCCC(CNC(C)C)CC1Cc2ccccc2S1. The second kappa shape index (κ2) is 7.35. The van der Waals surface area contributed by atoms with Gasteiger partial charge in [0.15, 0.2) is 0 Å². The molecule has 0 amide bonds. The monoisotopic (exact) mass is 277 g/mol. The Morgan fingerprint density at radius 2 is 2.11 bits per heavy atom. The molecule has 1 aliphatic heterocycles. The first-order valence-corrected chi connectivity index (χ1v) is 8.55. The zero-order valence-electron chi connectivity index (χ0n) is 12.5. The van der Waals surface area contributed by atoms with Crippen molar-refractivity contribution in [2.45, 2.75) is 62.6 Å². The van der Waals surface area contributed by atoms with Crippen molar-refractivity contribution in [2.24, 2.45) is 5.92 Å². The summed E-state index contributed by atoms with van der Waals surface area (Å²) in [5, 5.41) is 4.41. The highest BCUT2D eigenvalue weighted by atomic mass is 32.2. The van der Waals surface area contributed by atoms with Crippen molar-refractivity contribution in [1.29, 1.82) is 0 Å². The number of rotatable bonds is 7. The Bertz CT molecular complexity index is 364. The molecule has 2 unspecified atom stereocenters. The van der Waals surface area contributed by atoms with Crippen LogP contribution in [0.1, 0.15) is 45.6 Å². The Labute approximate surface area is 122 Å². The third-order valence-corrected chi connectivity index (χ3v) is 5.17. The quantitative estimate of drug-likeness (QED) is 0.787. The molecule has 0 spiro atoms. The molecule has 19 heavy (non-hydrogen) atoms. The molecule has 0 fully saturated rings. The third kappa shape index (κ3) is 4.54. The first-order chi connectivity index (χ1) is 9.19. The van der Waals surface area contributed by atoms with E-state index in [0.29, 0.717) is 6.04 Å². The van der Waals surface area contributed by atoms with Gasteiger partial charge in [-0.2, -0.15) is 0 Å². The van der Waals surface area contributed by atoms with Crippen LogP contribution >= 0.6 is 11.8 Å².